The second-order valence-corrected chi connectivity index (χ2v) is 4.86. The maximum atomic E-state index is 11.8. The van der Waals surface area contributed by atoms with Gasteiger partial charge in [0.2, 0.25) is 0 Å². The van der Waals surface area contributed by atoms with Crippen LogP contribution in [0.2, 0.25) is 0 Å². The van der Waals surface area contributed by atoms with Crippen LogP contribution in [-0.4, -0.2) is 6.03 Å². The first-order chi connectivity index (χ1) is 8.66. The van der Waals surface area contributed by atoms with Crippen molar-refractivity contribution in [3.8, 4) is 0 Å². The number of carbonyl (C=O) groups is 1. The minimum atomic E-state index is -0.164. The molecule has 1 saturated carbocycles. The van der Waals surface area contributed by atoms with Crippen molar-refractivity contribution < 1.29 is 4.79 Å². The van der Waals surface area contributed by atoms with E-state index in [0.717, 1.165) is 24.1 Å². The molecule has 0 radical (unpaired) electrons. The molecule has 0 unspecified atom stereocenters. The minimum absolute atomic E-state index is 0.164. The molecule has 2 rings (SSSR count). The van der Waals surface area contributed by atoms with Crippen molar-refractivity contribution in [2.75, 3.05) is 5.32 Å². The van der Waals surface area contributed by atoms with Crippen LogP contribution in [0.15, 0.2) is 30.0 Å². The lowest BCUT2D eigenvalue weighted by Gasteiger charge is -2.10. The number of urea groups is 1. The van der Waals surface area contributed by atoms with Crippen molar-refractivity contribution >= 4 is 11.7 Å². The molecule has 2 amide bonds. The highest BCUT2D eigenvalue weighted by Crippen LogP contribution is 2.22. The van der Waals surface area contributed by atoms with Crippen molar-refractivity contribution in [2.45, 2.75) is 39.5 Å². The van der Waals surface area contributed by atoms with E-state index in [1.807, 2.05) is 38.2 Å². The van der Waals surface area contributed by atoms with Crippen molar-refractivity contribution in [2.24, 2.45) is 0 Å². The van der Waals surface area contributed by atoms with Gasteiger partial charge >= 0.3 is 6.03 Å². The Labute approximate surface area is 108 Å². The monoisotopic (exact) mass is 244 g/mol. The van der Waals surface area contributed by atoms with Gasteiger partial charge in [-0.15, -0.1) is 0 Å². The van der Waals surface area contributed by atoms with E-state index in [2.05, 4.69) is 10.6 Å². The van der Waals surface area contributed by atoms with Gasteiger partial charge < -0.3 is 10.6 Å². The molecule has 0 heterocycles. The van der Waals surface area contributed by atoms with Crippen LogP contribution in [0.3, 0.4) is 0 Å². The lowest BCUT2D eigenvalue weighted by molar-refractivity contribution is 0.255. The van der Waals surface area contributed by atoms with Crippen LogP contribution in [0.5, 0.6) is 0 Å². The summed E-state index contributed by atoms with van der Waals surface area (Å²) in [6, 6.07) is 5.75. The van der Waals surface area contributed by atoms with E-state index < -0.39 is 0 Å². The lowest BCUT2D eigenvalue weighted by atomic mass is 10.1. The summed E-state index contributed by atoms with van der Waals surface area (Å²) in [5.74, 6) is 0. The first-order valence-corrected chi connectivity index (χ1v) is 6.48. The molecule has 0 atom stereocenters. The molecule has 96 valence electrons. The average molecular weight is 244 g/mol. The maximum absolute atomic E-state index is 11.8. The fraction of sp³-hybridized carbons (Fsp3) is 0.400. The number of carbonyl (C=O) groups excluding carboxylic acids is 1. The molecule has 1 aliphatic rings. The van der Waals surface area contributed by atoms with Crippen molar-refractivity contribution in [1.82, 2.24) is 5.32 Å². The molecular formula is C15H20N2O. The molecule has 2 N–H and O–H groups in total. The lowest BCUT2D eigenvalue weighted by Crippen LogP contribution is -2.24. The van der Waals surface area contributed by atoms with E-state index in [4.69, 9.17) is 0 Å². The highest BCUT2D eigenvalue weighted by molar-refractivity contribution is 5.90. The first-order valence-electron chi connectivity index (χ1n) is 6.48. The number of anilines is 1. The van der Waals surface area contributed by atoms with Crippen LogP contribution in [-0.2, 0) is 0 Å². The van der Waals surface area contributed by atoms with E-state index in [9.17, 15) is 4.79 Å². The zero-order valence-electron chi connectivity index (χ0n) is 11.0. The number of benzene rings is 1. The van der Waals surface area contributed by atoms with Crippen LogP contribution < -0.4 is 10.6 Å². The van der Waals surface area contributed by atoms with Gasteiger partial charge in [-0.1, -0.05) is 17.7 Å². The predicted molar refractivity (Wildman–Crippen MR) is 74.6 cm³/mol. The van der Waals surface area contributed by atoms with E-state index in [1.54, 1.807) is 0 Å². The smallest absolute Gasteiger partial charge is 0.314 e. The number of aryl methyl sites for hydroxylation is 1. The Kier molecular flexibility index (Phi) is 4.03. The van der Waals surface area contributed by atoms with Crippen molar-refractivity contribution in [3.05, 3.63) is 41.1 Å². The van der Waals surface area contributed by atoms with Crippen molar-refractivity contribution in [3.63, 3.8) is 0 Å². The zero-order chi connectivity index (χ0) is 13.0. The number of allylic oxidation sites excluding steroid dienone is 1. The van der Waals surface area contributed by atoms with Gasteiger partial charge in [0.05, 0.1) is 0 Å². The third-order valence-electron chi connectivity index (χ3n) is 3.51. The Morgan fingerprint density at radius 2 is 1.94 bits per heavy atom. The first kappa shape index (κ1) is 12.7. The standard InChI is InChI=1S/C15H20N2O/c1-11-6-5-9-14(12(11)2)17-15(18)16-10-13-7-3-4-8-13/h5-6,9-10H,3-4,7-8H2,1-2H3,(H2,16,17,18). The molecule has 3 heteroatoms. The molecule has 18 heavy (non-hydrogen) atoms. The summed E-state index contributed by atoms with van der Waals surface area (Å²) in [6.45, 7) is 4.05. The Balaban J connectivity index is 1.94. The largest absolute Gasteiger partial charge is 0.323 e. The topological polar surface area (TPSA) is 41.1 Å². The maximum Gasteiger partial charge on any atom is 0.323 e. The van der Waals surface area contributed by atoms with E-state index in [1.165, 1.54) is 24.0 Å². The third-order valence-corrected chi connectivity index (χ3v) is 3.51. The molecule has 0 spiro atoms. The Hall–Kier alpha value is -1.77. The van der Waals surface area contributed by atoms with Gasteiger partial charge in [-0.3, -0.25) is 0 Å². The molecular weight excluding hydrogens is 224 g/mol. The average Bonchev–Trinajstić information content (AvgIpc) is 2.86. The molecule has 3 nitrogen and oxygen atoms in total. The fourth-order valence-electron chi connectivity index (χ4n) is 2.19. The summed E-state index contributed by atoms with van der Waals surface area (Å²) in [4.78, 5) is 11.8. The quantitative estimate of drug-likeness (QED) is 0.814. The summed E-state index contributed by atoms with van der Waals surface area (Å²) in [7, 11) is 0. The number of amides is 2. The normalized spacial score (nSPS) is 14.4. The molecule has 0 aliphatic heterocycles. The fourth-order valence-corrected chi connectivity index (χ4v) is 2.19. The summed E-state index contributed by atoms with van der Waals surface area (Å²) >= 11 is 0. The second kappa shape index (κ2) is 5.71. The molecule has 1 fully saturated rings. The summed E-state index contributed by atoms with van der Waals surface area (Å²) in [5.41, 5.74) is 4.51. The molecule has 1 aliphatic carbocycles. The van der Waals surface area contributed by atoms with Crippen LogP contribution in [0, 0.1) is 13.8 Å². The Bertz CT molecular complexity index is 469. The van der Waals surface area contributed by atoms with Gasteiger partial charge in [0.1, 0.15) is 0 Å². The van der Waals surface area contributed by atoms with Gasteiger partial charge in [-0.05, 0) is 56.7 Å². The number of hydrogen-bond donors (Lipinski definition) is 2. The summed E-state index contributed by atoms with van der Waals surface area (Å²) in [6.07, 6.45) is 6.57. The molecule has 0 bridgehead atoms. The SMILES string of the molecule is Cc1cccc(NC(=O)NC=C2CCCC2)c1C. The summed E-state index contributed by atoms with van der Waals surface area (Å²) < 4.78 is 0. The minimum Gasteiger partial charge on any atom is -0.314 e. The van der Waals surface area contributed by atoms with Gasteiger partial charge in [-0.2, -0.15) is 0 Å². The highest BCUT2D eigenvalue weighted by Gasteiger charge is 2.08. The molecule has 1 aromatic carbocycles. The molecule has 0 aromatic heterocycles. The van der Waals surface area contributed by atoms with E-state index in [0.29, 0.717) is 0 Å². The number of hydrogen-bond acceptors (Lipinski definition) is 1. The van der Waals surface area contributed by atoms with Crippen molar-refractivity contribution in [1.29, 1.82) is 0 Å². The predicted octanol–water partition coefficient (Wildman–Crippen LogP) is 3.88. The molecule has 1 aromatic rings. The van der Waals surface area contributed by atoms with Gasteiger partial charge in [0, 0.05) is 11.9 Å². The van der Waals surface area contributed by atoms with Gasteiger partial charge in [0.25, 0.3) is 0 Å². The number of rotatable bonds is 2. The van der Waals surface area contributed by atoms with Crippen LogP contribution in [0.1, 0.15) is 36.8 Å². The van der Waals surface area contributed by atoms with Crippen LogP contribution in [0.25, 0.3) is 0 Å². The molecule has 0 saturated heterocycles. The summed E-state index contributed by atoms with van der Waals surface area (Å²) in [5, 5.41) is 5.69. The highest BCUT2D eigenvalue weighted by atomic mass is 16.2. The van der Waals surface area contributed by atoms with Crippen LogP contribution in [0.4, 0.5) is 10.5 Å². The number of nitrogens with one attached hydrogen (secondary N) is 2. The Morgan fingerprint density at radius 3 is 2.67 bits per heavy atom. The van der Waals surface area contributed by atoms with Gasteiger partial charge in [-0.25, -0.2) is 4.79 Å². The van der Waals surface area contributed by atoms with E-state index >= 15 is 0 Å². The zero-order valence-corrected chi connectivity index (χ0v) is 11.0. The van der Waals surface area contributed by atoms with Gasteiger partial charge in [0.15, 0.2) is 0 Å². The second-order valence-electron chi connectivity index (χ2n) is 4.86. The third kappa shape index (κ3) is 3.13. The van der Waals surface area contributed by atoms with Crippen LogP contribution >= 0.6 is 0 Å². The Morgan fingerprint density at radius 1 is 1.22 bits per heavy atom. The van der Waals surface area contributed by atoms with E-state index in [-0.39, 0.29) is 6.03 Å².